The molecule has 2 aromatic carbocycles. The van der Waals surface area contributed by atoms with Crippen molar-refractivity contribution in [3.8, 4) is 21.7 Å². The van der Waals surface area contributed by atoms with Crippen molar-refractivity contribution in [2.75, 3.05) is 5.32 Å². The number of carbonyl (C=O) groups excluding carboxylic acids is 1. The molecule has 0 aliphatic carbocycles. The molecule has 26 heavy (non-hydrogen) atoms. The van der Waals surface area contributed by atoms with E-state index >= 15 is 0 Å². The van der Waals surface area contributed by atoms with E-state index < -0.39 is 0 Å². The molecule has 4 nitrogen and oxygen atoms in total. The molecule has 1 aromatic heterocycles. The summed E-state index contributed by atoms with van der Waals surface area (Å²) in [4.78, 5) is 12.1. The SMILES string of the molecule is CCC(CC)C(=O)Nc1nnc(-c2ccc(-c3cccc(F)c3)cc2)s1. The number of anilines is 1. The summed E-state index contributed by atoms with van der Waals surface area (Å²) in [6.07, 6.45) is 1.60. The first-order chi connectivity index (χ1) is 12.6. The van der Waals surface area contributed by atoms with Crippen LogP contribution in [0, 0.1) is 11.7 Å². The maximum atomic E-state index is 13.4. The van der Waals surface area contributed by atoms with E-state index in [0.29, 0.717) is 5.13 Å². The number of benzene rings is 2. The molecule has 3 rings (SSSR count). The van der Waals surface area contributed by atoms with Crippen LogP contribution in [-0.4, -0.2) is 16.1 Å². The third-order valence-corrected chi connectivity index (χ3v) is 5.19. The van der Waals surface area contributed by atoms with E-state index in [0.717, 1.165) is 34.5 Å². The number of amides is 1. The number of hydrogen-bond donors (Lipinski definition) is 1. The lowest BCUT2D eigenvalue weighted by Gasteiger charge is -2.09. The molecule has 1 heterocycles. The summed E-state index contributed by atoms with van der Waals surface area (Å²) in [5.74, 6) is -0.277. The number of hydrogen-bond acceptors (Lipinski definition) is 4. The fourth-order valence-corrected chi connectivity index (χ4v) is 3.48. The molecule has 0 radical (unpaired) electrons. The van der Waals surface area contributed by atoms with Gasteiger partial charge in [-0.2, -0.15) is 0 Å². The van der Waals surface area contributed by atoms with E-state index in [-0.39, 0.29) is 17.6 Å². The summed E-state index contributed by atoms with van der Waals surface area (Å²) in [5, 5.41) is 12.3. The highest BCUT2D eigenvalue weighted by atomic mass is 32.1. The summed E-state index contributed by atoms with van der Waals surface area (Å²) in [5.41, 5.74) is 2.66. The van der Waals surface area contributed by atoms with Gasteiger partial charge in [0, 0.05) is 11.5 Å². The lowest BCUT2D eigenvalue weighted by atomic mass is 10.0. The van der Waals surface area contributed by atoms with Crippen molar-refractivity contribution in [2.24, 2.45) is 5.92 Å². The molecule has 1 N–H and O–H groups in total. The average Bonchev–Trinajstić information content (AvgIpc) is 3.11. The van der Waals surface area contributed by atoms with E-state index in [1.165, 1.54) is 23.5 Å². The number of halogens is 1. The summed E-state index contributed by atoms with van der Waals surface area (Å²) in [6.45, 7) is 4.00. The minimum Gasteiger partial charge on any atom is -0.300 e. The van der Waals surface area contributed by atoms with Crippen molar-refractivity contribution in [1.82, 2.24) is 10.2 Å². The Hall–Kier alpha value is -2.60. The van der Waals surface area contributed by atoms with Crippen LogP contribution >= 0.6 is 11.3 Å². The number of carbonyl (C=O) groups is 1. The zero-order valence-corrected chi connectivity index (χ0v) is 15.5. The topological polar surface area (TPSA) is 54.9 Å². The van der Waals surface area contributed by atoms with E-state index in [1.54, 1.807) is 6.07 Å². The molecule has 6 heteroatoms. The Morgan fingerprint density at radius 3 is 2.38 bits per heavy atom. The number of aromatic nitrogens is 2. The second kappa shape index (κ2) is 8.19. The first-order valence-electron chi connectivity index (χ1n) is 8.61. The standard InChI is InChI=1S/C20H20FN3OS/c1-3-13(4-2)18(25)22-20-24-23-19(26-20)15-10-8-14(9-11-15)16-6-5-7-17(21)12-16/h5-13H,3-4H2,1-2H3,(H,22,24,25). The van der Waals surface area contributed by atoms with Crippen LogP contribution in [0.3, 0.4) is 0 Å². The Balaban J connectivity index is 1.74. The van der Waals surface area contributed by atoms with Crippen molar-refractivity contribution in [3.05, 3.63) is 54.3 Å². The Bertz CT molecular complexity index is 888. The fraction of sp³-hybridized carbons (Fsp3) is 0.250. The largest absolute Gasteiger partial charge is 0.300 e. The first-order valence-corrected chi connectivity index (χ1v) is 9.43. The lowest BCUT2D eigenvalue weighted by molar-refractivity contribution is -0.120. The van der Waals surface area contributed by atoms with Gasteiger partial charge in [0.05, 0.1) is 0 Å². The molecule has 0 atom stereocenters. The van der Waals surface area contributed by atoms with Gasteiger partial charge in [0.1, 0.15) is 10.8 Å². The van der Waals surface area contributed by atoms with Crippen LogP contribution in [0.4, 0.5) is 9.52 Å². The highest BCUT2D eigenvalue weighted by molar-refractivity contribution is 7.18. The summed E-state index contributed by atoms with van der Waals surface area (Å²) in [6, 6.07) is 14.2. The predicted octanol–water partition coefficient (Wildman–Crippen LogP) is 5.39. The zero-order chi connectivity index (χ0) is 18.5. The molecule has 134 valence electrons. The van der Waals surface area contributed by atoms with Crippen LogP contribution in [0.2, 0.25) is 0 Å². The molecule has 0 spiro atoms. The highest BCUT2D eigenvalue weighted by Gasteiger charge is 2.16. The average molecular weight is 369 g/mol. The second-order valence-electron chi connectivity index (χ2n) is 6.00. The summed E-state index contributed by atoms with van der Waals surface area (Å²) >= 11 is 1.34. The fourth-order valence-electron chi connectivity index (χ4n) is 2.73. The van der Waals surface area contributed by atoms with E-state index in [1.807, 2.05) is 44.2 Å². The van der Waals surface area contributed by atoms with Gasteiger partial charge >= 0.3 is 0 Å². The van der Waals surface area contributed by atoms with Crippen molar-refractivity contribution in [3.63, 3.8) is 0 Å². The van der Waals surface area contributed by atoms with Crippen molar-refractivity contribution < 1.29 is 9.18 Å². The van der Waals surface area contributed by atoms with Gasteiger partial charge in [0.25, 0.3) is 0 Å². The van der Waals surface area contributed by atoms with Gasteiger partial charge in [-0.3, -0.25) is 4.79 Å². The Kier molecular flexibility index (Phi) is 5.73. The normalized spacial score (nSPS) is 10.9. The van der Waals surface area contributed by atoms with Crippen molar-refractivity contribution in [1.29, 1.82) is 0 Å². The summed E-state index contributed by atoms with van der Waals surface area (Å²) in [7, 11) is 0. The Morgan fingerprint density at radius 2 is 1.73 bits per heavy atom. The van der Waals surface area contributed by atoms with Gasteiger partial charge in [0.15, 0.2) is 0 Å². The molecular weight excluding hydrogens is 349 g/mol. The third kappa shape index (κ3) is 4.14. The number of rotatable bonds is 6. The molecule has 1 amide bonds. The molecule has 0 aliphatic rings. The quantitative estimate of drug-likeness (QED) is 0.634. The third-order valence-electron chi connectivity index (χ3n) is 4.30. The van der Waals surface area contributed by atoms with Gasteiger partial charge in [0.2, 0.25) is 11.0 Å². The maximum absolute atomic E-state index is 13.4. The van der Waals surface area contributed by atoms with E-state index in [9.17, 15) is 9.18 Å². The molecule has 0 fully saturated rings. The predicted molar refractivity (Wildman–Crippen MR) is 103 cm³/mol. The molecular formula is C20H20FN3OS. The van der Waals surface area contributed by atoms with E-state index in [2.05, 4.69) is 15.5 Å². The van der Waals surface area contributed by atoms with Crippen LogP contribution < -0.4 is 5.32 Å². The molecule has 0 saturated carbocycles. The maximum Gasteiger partial charge on any atom is 0.229 e. The van der Waals surface area contributed by atoms with E-state index in [4.69, 9.17) is 0 Å². The highest BCUT2D eigenvalue weighted by Crippen LogP contribution is 2.29. The Morgan fingerprint density at radius 1 is 1.04 bits per heavy atom. The summed E-state index contributed by atoms with van der Waals surface area (Å²) < 4.78 is 13.4. The monoisotopic (exact) mass is 369 g/mol. The van der Waals surface area contributed by atoms with Gasteiger partial charge in [-0.15, -0.1) is 10.2 Å². The smallest absolute Gasteiger partial charge is 0.229 e. The second-order valence-corrected chi connectivity index (χ2v) is 6.98. The van der Waals surface area contributed by atoms with Crippen LogP contribution in [0.5, 0.6) is 0 Å². The molecule has 0 unspecified atom stereocenters. The number of nitrogens with one attached hydrogen (secondary N) is 1. The minimum atomic E-state index is -0.256. The van der Waals surface area contributed by atoms with Crippen molar-refractivity contribution in [2.45, 2.75) is 26.7 Å². The molecule has 3 aromatic rings. The van der Waals surface area contributed by atoms with Gasteiger partial charge in [-0.1, -0.05) is 61.6 Å². The van der Waals surface area contributed by atoms with Crippen LogP contribution in [-0.2, 0) is 4.79 Å². The Labute approximate surface area is 156 Å². The lowest BCUT2D eigenvalue weighted by Crippen LogP contribution is -2.21. The van der Waals surface area contributed by atoms with Crippen molar-refractivity contribution >= 4 is 22.4 Å². The number of nitrogens with zero attached hydrogens (tertiary/aromatic N) is 2. The molecule has 0 aliphatic heterocycles. The van der Waals surface area contributed by atoms with Gasteiger partial charge in [-0.25, -0.2) is 4.39 Å². The van der Waals surface area contributed by atoms with Gasteiger partial charge in [-0.05, 0) is 36.1 Å². The minimum absolute atomic E-state index is 0.00657. The van der Waals surface area contributed by atoms with Crippen LogP contribution in [0.1, 0.15) is 26.7 Å². The van der Waals surface area contributed by atoms with Crippen LogP contribution in [0.25, 0.3) is 21.7 Å². The molecule has 0 bridgehead atoms. The van der Waals surface area contributed by atoms with Crippen LogP contribution in [0.15, 0.2) is 48.5 Å². The zero-order valence-electron chi connectivity index (χ0n) is 14.7. The first kappa shape index (κ1) is 18.2. The van der Waals surface area contributed by atoms with Gasteiger partial charge < -0.3 is 5.32 Å². The molecule has 0 saturated heterocycles.